The summed E-state index contributed by atoms with van der Waals surface area (Å²) in [6.45, 7) is 11.1. The van der Waals surface area contributed by atoms with E-state index in [9.17, 15) is 18.0 Å². The number of fused-ring (bicyclic) bond motifs is 4. The second-order valence-corrected chi connectivity index (χ2v) is 12.8. The zero-order valence-corrected chi connectivity index (χ0v) is 31.9. The average molecular weight is 722 g/mol. The van der Waals surface area contributed by atoms with Gasteiger partial charge < -0.3 is 35.4 Å². The molecule has 288 valence electrons. The van der Waals surface area contributed by atoms with Gasteiger partial charge in [-0.05, 0) is 99.4 Å². The fourth-order valence-electron chi connectivity index (χ4n) is 6.84. The highest BCUT2D eigenvalue weighted by molar-refractivity contribution is 5.92. The highest BCUT2D eigenvalue weighted by Gasteiger charge is 2.60. The van der Waals surface area contributed by atoms with Crippen LogP contribution >= 0.6 is 0 Å². The van der Waals surface area contributed by atoms with Crippen LogP contribution in [-0.4, -0.2) is 73.6 Å². The minimum absolute atomic E-state index is 0.0311. The van der Waals surface area contributed by atoms with Crippen molar-refractivity contribution >= 4 is 30.0 Å². The zero-order valence-electron chi connectivity index (χ0n) is 31.9. The predicted molar refractivity (Wildman–Crippen MR) is 202 cm³/mol. The molecule has 8 nitrogen and oxygen atoms in total. The number of ether oxygens (including phenoxy) is 3. The maximum absolute atomic E-state index is 13.0. The van der Waals surface area contributed by atoms with Crippen molar-refractivity contribution in [1.82, 2.24) is 0 Å². The zero-order chi connectivity index (χ0) is 38.6. The summed E-state index contributed by atoms with van der Waals surface area (Å²) < 4.78 is 54.0. The normalized spacial score (nSPS) is 20.2. The highest BCUT2D eigenvalue weighted by atomic mass is 19.4. The fraction of sp³-hybridized carbons (Fsp3) is 0.600. The molecule has 1 amide bonds. The van der Waals surface area contributed by atoms with Crippen LogP contribution < -0.4 is 21.1 Å². The molecule has 5 rings (SSSR count). The average Bonchev–Trinajstić information content (AvgIpc) is 3.87. The van der Waals surface area contributed by atoms with Gasteiger partial charge in [0.2, 0.25) is 5.91 Å². The smallest absolute Gasteiger partial charge is 0.389 e. The van der Waals surface area contributed by atoms with Crippen LogP contribution in [0.3, 0.4) is 0 Å². The van der Waals surface area contributed by atoms with Crippen LogP contribution in [0.2, 0.25) is 0 Å². The number of aryl methyl sites for hydroxylation is 1. The first kappa shape index (κ1) is 45.6. The molecule has 0 radical (unpaired) electrons. The van der Waals surface area contributed by atoms with Crippen LogP contribution in [0.4, 0.5) is 18.9 Å². The number of hydrogen-bond acceptors (Lipinski definition) is 7. The van der Waals surface area contributed by atoms with E-state index in [4.69, 9.17) is 24.7 Å². The second kappa shape index (κ2) is 23.2. The fourth-order valence-corrected chi connectivity index (χ4v) is 6.84. The Morgan fingerprint density at radius 3 is 2.14 bits per heavy atom. The quantitative estimate of drug-likeness (QED) is 0.268. The summed E-state index contributed by atoms with van der Waals surface area (Å²) in [5.41, 5.74) is 15.7. The molecule has 3 aliphatic rings. The predicted octanol–water partition coefficient (Wildman–Crippen LogP) is 8.20. The number of benzene rings is 2. The van der Waals surface area contributed by atoms with Gasteiger partial charge in [0.15, 0.2) is 0 Å². The number of alkyl halides is 3. The number of carbonyl (C=O) groups excluding carboxylic acids is 2. The standard InChI is InChI=1S/C30H35F3N2O2.2C4H10O.CH5N.CH2O/c1-35-18-29(28(34)36)17-26(29)25-16-22(37-2)10-9-21(25)15-24(20-6-4-3-5-7-20)23-11-8-19(14-27(23)35)12-13-30(31,32)33;1-3-4-5-2;1-3-5-4-2;2*1-2/h8-11,14-16,20,26H,3-7,12-13,17-18H2,1-2H3,(H2,34,36);2*3-4H2,1-2H3;2H2,1H3;1H2/b24-15+;;;;. The first-order chi connectivity index (χ1) is 24.4. The van der Waals surface area contributed by atoms with Crippen LogP contribution in [0.25, 0.3) is 11.6 Å². The van der Waals surface area contributed by atoms with Gasteiger partial charge in [-0.1, -0.05) is 50.5 Å². The van der Waals surface area contributed by atoms with Crippen molar-refractivity contribution in [3.8, 4) is 5.75 Å². The maximum atomic E-state index is 13.0. The van der Waals surface area contributed by atoms with Crippen molar-refractivity contribution < 1.29 is 37.0 Å². The largest absolute Gasteiger partial charge is 0.497 e. The molecule has 2 aliphatic carbocycles. The van der Waals surface area contributed by atoms with Gasteiger partial charge in [0.1, 0.15) is 12.5 Å². The molecule has 1 heterocycles. The number of amides is 1. The lowest BCUT2D eigenvalue weighted by Crippen LogP contribution is -2.38. The molecular formula is C40H62F3N3O5. The Hall–Kier alpha value is -3.41. The van der Waals surface area contributed by atoms with E-state index in [2.05, 4.69) is 24.8 Å². The lowest BCUT2D eigenvalue weighted by molar-refractivity contribution is -0.134. The summed E-state index contributed by atoms with van der Waals surface area (Å²) in [6, 6.07) is 11.7. The molecule has 0 saturated heterocycles. The molecule has 0 spiro atoms. The van der Waals surface area contributed by atoms with E-state index in [-0.39, 0.29) is 18.2 Å². The molecule has 0 bridgehead atoms. The van der Waals surface area contributed by atoms with E-state index in [0.29, 0.717) is 24.4 Å². The molecule has 4 N–H and O–H groups in total. The van der Waals surface area contributed by atoms with Crippen LogP contribution in [0.1, 0.15) is 100 Å². The Bertz CT molecular complexity index is 1340. The van der Waals surface area contributed by atoms with Gasteiger partial charge in [-0.25, -0.2) is 0 Å². The number of halogens is 3. The third kappa shape index (κ3) is 13.6. The minimum atomic E-state index is -4.21. The van der Waals surface area contributed by atoms with Gasteiger partial charge in [-0.15, -0.1) is 0 Å². The SMILES string of the molecule is C=O.CCCOC.CCOCC.CN.COc1ccc2c(c1)C1CC1(C(N)=O)CN(C)c1cc(CCC(F)(F)F)ccc1/C(C1CCCCC1)=C/2. The van der Waals surface area contributed by atoms with Gasteiger partial charge in [-0.3, -0.25) is 4.79 Å². The molecule has 1 aliphatic heterocycles. The minimum Gasteiger partial charge on any atom is -0.497 e. The van der Waals surface area contributed by atoms with Crippen molar-refractivity contribution in [2.45, 2.75) is 90.7 Å². The summed E-state index contributed by atoms with van der Waals surface area (Å²) in [5.74, 6) is 0.745. The topological polar surface area (TPSA) is 117 Å². The molecule has 2 unspecified atom stereocenters. The number of rotatable bonds is 9. The Morgan fingerprint density at radius 2 is 1.65 bits per heavy atom. The number of nitrogens with two attached hydrogens (primary N) is 2. The number of allylic oxidation sites excluding steroid dienone is 1. The number of methoxy groups -OCH3 is 2. The Balaban J connectivity index is 0.000000802. The second-order valence-electron chi connectivity index (χ2n) is 12.8. The Morgan fingerprint density at radius 1 is 1.00 bits per heavy atom. The van der Waals surface area contributed by atoms with Gasteiger partial charge in [-0.2, -0.15) is 13.2 Å². The van der Waals surface area contributed by atoms with Crippen LogP contribution in [0, 0.1) is 11.3 Å². The summed E-state index contributed by atoms with van der Waals surface area (Å²) in [7, 11) is 6.78. The summed E-state index contributed by atoms with van der Waals surface area (Å²) in [5, 5.41) is 0. The molecule has 2 saturated carbocycles. The number of primary amides is 1. The van der Waals surface area contributed by atoms with Crippen molar-refractivity contribution in [3.05, 3.63) is 58.7 Å². The molecule has 2 aromatic rings. The first-order valence-corrected chi connectivity index (χ1v) is 18.0. The third-order valence-electron chi connectivity index (χ3n) is 9.41. The summed E-state index contributed by atoms with van der Waals surface area (Å²) >= 11 is 0. The molecule has 2 fully saturated rings. The Kier molecular flexibility index (Phi) is 20.8. The van der Waals surface area contributed by atoms with Gasteiger partial charge in [0, 0.05) is 64.1 Å². The van der Waals surface area contributed by atoms with E-state index in [1.165, 1.54) is 31.9 Å². The Labute approximate surface area is 304 Å². The monoisotopic (exact) mass is 721 g/mol. The maximum Gasteiger partial charge on any atom is 0.389 e. The molecule has 51 heavy (non-hydrogen) atoms. The lowest BCUT2D eigenvalue weighted by atomic mass is 9.78. The van der Waals surface area contributed by atoms with Crippen LogP contribution in [-0.2, 0) is 25.5 Å². The van der Waals surface area contributed by atoms with E-state index >= 15 is 0 Å². The van der Waals surface area contributed by atoms with E-state index in [0.717, 1.165) is 67.2 Å². The molecule has 2 atom stereocenters. The van der Waals surface area contributed by atoms with Crippen molar-refractivity contribution in [1.29, 1.82) is 0 Å². The number of carbonyl (C=O) groups is 2. The number of anilines is 1. The number of nitrogens with zero attached hydrogens (tertiary/aromatic N) is 1. The summed E-state index contributed by atoms with van der Waals surface area (Å²) in [4.78, 5) is 22.9. The first-order valence-electron chi connectivity index (χ1n) is 18.0. The van der Waals surface area contributed by atoms with Crippen molar-refractivity contribution in [2.75, 3.05) is 59.6 Å². The van der Waals surface area contributed by atoms with Crippen molar-refractivity contribution in [2.24, 2.45) is 22.8 Å². The van der Waals surface area contributed by atoms with Gasteiger partial charge in [0.25, 0.3) is 0 Å². The molecule has 2 aromatic carbocycles. The number of hydrogen-bond donors (Lipinski definition) is 2. The molecule has 11 heteroatoms. The highest BCUT2D eigenvalue weighted by Crippen LogP contribution is 2.61. The van der Waals surface area contributed by atoms with E-state index < -0.39 is 18.0 Å². The molecule has 0 aromatic heterocycles. The van der Waals surface area contributed by atoms with E-state index in [1.54, 1.807) is 14.2 Å². The van der Waals surface area contributed by atoms with Gasteiger partial charge in [0.05, 0.1) is 12.5 Å². The summed E-state index contributed by atoms with van der Waals surface area (Å²) in [6.07, 6.45) is 4.62. The van der Waals surface area contributed by atoms with E-state index in [1.807, 2.05) is 62.9 Å². The third-order valence-corrected chi connectivity index (χ3v) is 9.41. The molecular weight excluding hydrogens is 659 g/mol. The van der Waals surface area contributed by atoms with Gasteiger partial charge >= 0.3 is 6.18 Å². The van der Waals surface area contributed by atoms with Crippen LogP contribution in [0.15, 0.2) is 36.4 Å². The van der Waals surface area contributed by atoms with Crippen LogP contribution in [0.5, 0.6) is 5.75 Å². The van der Waals surface area contributed by atoms with Crippen molar-refractivity contribution in [3.63, 3.8) is 0 Å². The lowest BCUT2D eigenvalue weighted by Gasteiger charge is -2.32.